The van der Waals surface area contributed by atoms with Crippen molar-refractivity contribution in [3.63, 3.8) is 0 Å². The van der Waals surface area contributed by atoms with Gasteiger partial charge < -0.3 is 5.32 Å². The molecule has 2 aromatic heterocycles. The van der Waals surface area contributed by atoms with E-state index < -0.39 is 0 Å². The van der Waals surface area contributed by atoms with Gasteiger partial charge >= 0.3 is 0 Å². The lowest BCUT2D eigenvalue weighted by Gasteiger charge is -2.03. The summed E-state index contributed by atoms with van der Waals surface area (Å²) in [5, 5.41) is 12.0. The maximum atomic E-state index is 4.47. The molecule has 92 valence electrons. The van der Waals surface area contributed by atoms with Crippen LogP contribution in [0.4, 0.5) is 0 Å². The number of aryl methyl sites for hydroxylation is 2. The van der Waals surface area contributed by atoms with E-state index in [2.05, 4.69) is 28.5 Å². The SMILES string of the molecule is CCCn1ccc(CNCc2ccnn2C)n1. The molecule has 0 aliphatic rings. The van der Waals surface area contributed by atoms with Crippen molar-refractivity contribution in [1.29, 1.82) is 0 Å². The molecule has 2 heterocycles. The van der Waals surface area contributed by atoms with E-state index in [1.165, 1.54) is 5.69 Å². The molecule has 0 aromatic carbocycles. The average molecular weight is 233 g/mol. The monoisotopic (exact) mass is 233 g/mol. The van der Waals surface area contributed by atoms with E-state index >= 15 is 0 Å². The Bertz CT molecular complexity index is 457. The van der Waals surface area contributed by atoms with Crippen LogP contribution in [0.3, 0.4) is 0 Å². The highest BCUT2D eigenvalue weighted by atomic mass is 15.3. The molecule has 0 saturated heterocycles. The normalized spacial score (nSPS) is 10.9. The van der Waals surface area contributed by atoms with Crippen LogP contribution in [-0.4, -0.2) is 19.6 Å². The molecule has 0 atom stereocenters. The van der Waals surface area contributed by atoms with Gasteiger partial charge in [0.25, 0.3) is 0 Å². The van der Waals surface area contributed by atoms with Crippen LogP contribution in [0.2, 0.25) is 0 Å². The maximum Gasteiger partial charge on any atom is 0.0762 e. The van der Waals surface area contributed by atoms with Crippen molar-refractivity contribution >= 4 is 0 Å². The molecular formula is C12H19N5. The van der Waals surface area contributed by atoms with Crippen LogP contribution in [0, 0.1) is 0 Å². The summed E-state index contributed by atoms with van der Waals surface area (Å²) in [4.78, 5) is 0. The number of hydrogen-bond donors (Lipinski definition) is 1. The van der Waals surface area contributed by atoms with Crippen LogP contribution in [0.5, 0.6) is 0 Å². The van der Waals surface area contributed by atoms with Gasteiger partial charge in [0.1, 0.15) is 0 Å². The minimum absolute atomic E-state index is 0.794. The minimum atomic E-state index is 0.794. The summed E-state index contributed by atoms with van der Waals surface area (Å²) in [7, 11) is 1.95. The van der Waals surface area contributed by atoms with Crippen LogP contribution >= 0.6 is 0 Å². The molecule has 2 aromatic rings. The first-order chi connectivity index (χ1) is 8.29. The molecule has 0 aliphatic heterocycles. The first-order valence-electron chi connectivity index (χ1n) is 5.99. The van der Waals surface area contributed by atoms with Gasteiger partial charge in [0.2, 0.25) is 0 Å². The van der Waals surface area contributed by atoms with E-state index in [-0.39, 0.29) is 0 Å². The van der Waals surface area contributed by atoms with Gasteiger partial charge in [-0.2, -0.15) is 10.2 Å². The van der Waals surface area contributed by atoms with Crippen LogP contribution in [0.15, 0.2) is 24.5 Å². The fraction of sp³-hybridized carbons (Fsp3) is 0.500. The average Bonchev–Trinajstić information content (AvgIpc) is 2.90. The predicted octanol–water partition coefficient (Wildman–Crippen LogP) is 1.32. The molecular weight excluding hydrogens is 214 g/mol. The predicted molar refractivity (Wildman–Crippen MR) is 66.3 cm³/mol. The minimum Gasteiger partial charge on any atom is -0.305 e. The Morgan fingerprint density at radius 3 is 2.88 bits per heavy atom. The van der Waals surface area contributed by atoms with Crippen LogP contribution in [0.25, 0.3) is 0 Å². The van der Waals surface area contributed by atoms with Crippen molar-refractivity contribution < 1.29 is 0 Å². The quantitative estimate of drug-likeness (QED) is 0.818. The van der Waals surface area contributed by atoms with Crippen LogP contribution < -0.4 is 5.32 Å². The second-order valence-corrected chi connectivity index (χ2v) is 4.12. The summed E-state index contributed by atoms with van der Waals surface area (Å²) in [5.74, 6) is 0. The van der Waals surface area contributed by atoms with Gasteiger partial charge in [0.05, 0.1) is 11.4 Å². The Hall–Kier alpha value is -1.62. The highest BCUT2D eigenvalue weighted by molar-refractivity contribution is 5.01. The molecule has 17 heavy (non-hydrogen) atoms. The number of rotatable bonds is 6. The molecule has 1 N–H and O–H groups in total. The zero-order chi connectivity index (χ0) is 12.1. The standard InChI is InChI=1S/C12H19N5/c1-3-7-17-8-5-11(15-17)9-13-10-12-4-6-14-16(12)2/h4-6,8,13H,3,7,9-10H2,1-2H3. The number of aromatic nitrogens is 4. The van der Waals surface area contributed by atoms with Crippen molar-refractivity contribution in [2.75, 3.05) is 0 Å². The molecule has 0 amide bonds. The summed E-state index contributed by atoms with van der Waals surface area (Å²) in [5.41, 5.74) is 2.26. The summed E-state index contributed by atoms with van der Waals surface area (Å²) in [6.45, 7) is 4.75. The van der Waals surface area contributed by atoms with Crippen LogP contribution in [-0.2, 0) is 26.7 Å². The van der Waals surface area contributed by atoms with E-state index in [1.54, 1.807) is 0 Å². The lowest BCUT2D eigenvalue weighted by Crippen LogP contribution is -2.15. The third kappa shape index (κ3) is 3.17. The van der Waals surface area contributed by atoms with Gasteiger partial charge in [-0.05, 0) is 18.6 Å². The topological polar surface area (TPSA) is 47.7 Å². The molecule has 0 spiro atoms. The molecule has 2 rings (SSSR count). The van der Waals surface area contributed by atoms with Gasteiger partial charge in [-0.25, -0.2) is 0 Å². The third-order valence-corrected chi connectivity index (χ3v) is 2.68. The van der Waals surface area contributed by atoms with E-state index in [1.807, 2.05) is 34.9 Å². The molecule has 0 aliphatic carbocycles. The first-order valence-corrected chi connectivity index (χ1v) is 5.99. The van der Waals surface area contributed by atoms with E-state index in [9.17, 15) is 0 Å². The first kappa shape index (κ1) is 11.9. The Morgan fingerprint density at radius 1 is 1.29 bits per heavy atom. The van der Waals surface area contributed by atoms with Crippen LogP contribution in [0.1, 0.15) is 24.7 Å². The Balaban J connectivity index is 1.80. The fourth-order valence-corrected chi connectivity index (χ4v) is 1.75. The molecule has 0 fully saturated rings. The van der Waals surface area contributed by atoms with Crippen molar-refractivity contribution in [2.45, 2.75) is 33.0 Å². The molecule has 5 nitrogen and oxygen atoms in total. The van der Waals surface area contributed by atoms with Crippen molar-refractivity contribution in [3.05, 3.63) is 35.9 Å². The Kier molecular flexibility index (Phi) is 3.93. The smallest absolute Gasteiger partial charge is 0.0762 e. The summed E-state index contributed by atoms with van der Waals surface area (Å²) >= 11 is 0. The van der Waals surface area contributed by atoms with Gasteiger partial charge in [-0.1, -0.05) is 6.92 Å². The largest absolute Gasteiger partial charge is 0.305 e. The van der Waals surface area contributed by atoms with E-state index in [4.69, 9.17) is 0 Å². The lowest BCUT2D eigenvalue weighted by atomic mass is 10.4. The van der Waals surface area contributed by atoms with Crippen molar-refractivity contribution in [3.8, 4) is 0 Å². The molecule has 0 saturated carbocycles. The summed E-state index contributed by atoms with van der Waals surface area (Å²) in [6, 6.07) is 4.08. The zero-order valence-corrected chi connectivity index (χ0v) is 10.4. The van der Waals surface area contributed by atoms with Crippen molar-refractivity contribution in [2.24, 2.45) is 7.05 Å². The van der Waals surface area contributed by atoms with Gasteiger partial charge in [-0.15, -0.1) is 0 Å². The zero-order valence-electron chi connectivity index (χ0n) is 10.4. The van der Waals surface area contributed by atoms with E-state index in [0.29, 0.717) is 0 Å². The lowest BCUT2D eigenvalue weighted by molar-refractivity contribution is 0.575. The second-order valence-electron chi connectivity index (χ2n) is 4.12. The molecule has 0 radical (unpaired) electrons. The van der Waals surface area contributed by atoms with Gasteiger partial charge in [0, 0.05) is 39.1 Å². The second kappa shape index (κ2) is 5.63. The highest BCUT2D eigenvalue weighted by Gasteiger charge is 2.00. The Morgan fingerprint density at radius 2 is 2.18 bits per heavy atom. The highest BCUT2D eigenvalue weighted by Crippen LogP contribution is 1.99. The van der Waals surface area contributed by atoms with Gasteiger partial charge in [0.15, 0.2) is 0 Å². The number of nitrogens with one attached hydrogen (secondary N) is 1. The number of nitrogens with zero attached hydrogens (tertiary/aromatic N) is 4. The molecule has 5 heteroatoms. The Labute approximate surface area is 101 Å². The van der Waals surface area contributed by atoms with Crippen molar-refractivity contribution in [1.82, 2.24) is 24.9 Å². The summed E-state index contributed by atoms with van der Waals surface area (Å²) < 4.78 is 3.86. The van der Waals surface area contributed by atoms with Gasteiger partial charge in [-0.3, -0.25) is 9.36 Å². The van der Waals surface area contributed by atoms with E-state index in [0.717, 1.165) is 31.7 Å². The summed E-state index contributed by atoms with van der Waals surface area (Å²) in [6.07, 6.45) is 4.96. The third-order valence-electron chi connectivity index (χ3n) is 2.68. The molecule has 0 bridgehead atoms. The number of hydrogen-bond acceptors (Lipinski definition) is 3. The molecule has 0 unspecified atom stereocenters. The maximum absolute atomic E-state index is 4.47. The fourth-order valence-electron chi connectivity index (χ4n) is 1.75.